The smallest absolute Gasteiger partial charge is 0.326 e. The van der Waals surface area contributed by atoms with Crippen molar-refractivity contribution in [2.45, 2.75) is 63.7 Å². The Morgan fingerprint density at radius 2 is 1.51 bits per heavy atom. The highest BCUT2D eigenvalue weighted by molar-refractivity contribution is 5.95. The predicted molar refractivity (Wildman–Crippen MR) is 137 cm³/mol. The summed E-state index contributed by atoms with van der Waals surface area (Å²) in [6, 6.07) is 1.79. The molecule has 4 unspecified atom stereocenters. The Bertz CT molecular complexity index is 1230. The van der Waals surface area contributed by atoms with E-state index in [-0.39, 0.29) is 12.8 Å². The topological polar surface area (TPSA) is 241 Å². The van der Waals surface area contributed by atoms with Gasteiger partial charge in [-0.15, -0.1) is 0 Å². The van der Waals surface area contributed by atoms with Gasteiger partial charge in [0.05, 0.1) is 12.5 Å². The molecule has 1 aromatic heterocycles. The Morgan fingerprint density at radius 1 is 0.872 bits per heavy atom. The van der Waals surface area contributed by atoms with Crippen molar-refractivity contribution in [1.29, 1.82) is 0 Å². The molecule has 14 heteroatoms. The number of aromatic nitrogens is 1. The zero-order valence-electron chi connectivity index (χ0n) is 21.5. The number of benzene rings is 1. The molecule has 0 fully saturated rings. The molecule has 0 aliphatic carbocycles. The molecule has 212 valence electrons. The molecule has 9 N–H and O–H groups in total. The normalized spacial score (nSPS) is 14.2. The monoisotopic (exact) mass is 547 g/mol. The van der Waals surface area contributed by atoms with Gasteiger partial charge < -0.3 is 42.0 Å². The molecule has 0 saturated carbocycles. The summed E-state index contributed by atoms with van der Waals surface area (Å²) in [6.07, 6.45) is 0.0867. The number of H-pyrrole nitrogens is 1. The second-order valence-corrected chi connectivity index (χ2v) is 9.39. The highest BCUT2D eigenvalue weighted by Crippen LogP contribution is 2.19. The largest absolute Gasteiger partial charge is 0.481 e. The Balaban J connectivity index is 2.27. The predicted octanol–water partition coefficient (Wildman–Crippen LogP) is -0.428. The van der Waals surface area contributed by atoms with E-state index >= 15 is 0 Å². The third-order valence-corrected chi connectivity index (χ3v) is 5.97. The first-order valence-electron chi connectivity index (χ1n) is 12.2. The summed E-state index contributed by atoms with van der Waals surface area (Å²) < 4.78 is 0. The maximum Gasteiger partial charge on any atom is 0.326 e. The Kier molecular flexibility index (Phi) is 11.0. The van der Waals surface area contributed by atoms with Crippen molar-refractivity contribution in [3.8, 4) is 0 Å². The molecule has 0 aliphatic rings. The number of para-hydroxylation sites is 1. The lowest BCUT2D eigenvalue weighted by Gasteiger charge is -2.27. The minimum absolute atomic E-state index is 0.0375. The molecule has 2 rings (SSSR count). The van der Waals surface area contributed by atoms with Crippen molar-refractivity contribution in [1.82, 2.24) is 20.9 Å². The van der Waals surface area contributed by atoms with Crippen LogP contribution in [0, 0.1) is 5.92 Å². The first kappa shape index (κ1) is 30.8. The number of carboxylic acids is 3. The Labute approximate surface area is 223 Å². The van der Waals surface area contributed by atoms with Gasteiger partial charge in [0.2, 0.25) is 17.7 Å². The number of rotatable bonds is 15. The zero-order valence-corrected chi connectivity index (χ0v) is 21.5. The first-order valence-corrected chi connectivity index (χ1v) is 12.2. The van der Waals surface area contributed by atoms with E-state index < -0.39 is 78.6 Å². The van der Waals surface area contributed by atoms with E-state index in [4.69, 9.17) is 15.9 Å². The quantitative estimate of drug-likeness (QED) is 0.143. The molecule has 2 aromatic rings. The molecule has 39 heavy (non-hydrogen) atoms. The second kappa shape index (κ2) is 13.9. The summed E-state index contributed by atoms with van der Waals surface area (Å²) in [5.41, 5.74) is 7.10. The van der Waals surface area contributed by atoms with Crippen LogP contribution >= 0.6 is 0 Å². The van der Waals surface area contributed by atoms with Crippen molar-refractivity contribution in [3.05, 3.63) is 36.0 Å². The summed E-state index contributed by atoms with van der Waals surface area (Å²) in [7, 11) is 0. The van der Waals surface area contributed by atoms with Crippen molar-refractivity contribution in [2.75, 3.05) is 0 Å². The number of hydrogen-bond acceptors (Lipinski definition) is 7. The molecule has 1 heterocycles. The zero-order chi connectivity index (χ0) is 29.3. The molecule has 0 radical (unpaired) electrons. The number of carboxylic acid groups (broad SMARTS) is 3. The van der Waals surface area contributed by atoms with E-state index in [2.05, 4.69) is 20.9 Å². The number of nitrogens with one attached hydrogen (secondary N) is 4. The maximum atomic E-state index is 13.4. The molecule has 0 saturated heterocycles. The Morgan fingerprint density at radius 3 is 2.10 bits per heavy atom. The summed E-state index contributed by atoms with van der Waals surface area (Å²) in [6.45, 7) is 3.21. The van der Waals surface area contributed by atoms with Crippen LogP contribution in [0.3, 0.4) is 0 Å². The van der Waals surface area contributed by atoms with Crippen LogP contribution in [0.15, 0.2) is 30.5 Å². The number of carbonyl (C=O) groups excluding carboxylic acids is 3. The SMILES string of the molecule is CC(C)C(NC(=O)C(Cc1c[nH]c2ccccc12)NC(=O)C(N)CC(=O)O)C(=O)NC(CCC(=O)O)C(=O)O. The Hall–Kier alpha value is -4.46. The number of hydrogen-bond donors (Lipinski definition) is 8. The molecule has 0 spiro atoms. The number of fused-ring (bicyclic) bond motifs is 1. The van der Waals surface area contributed by atoms with Gasteiger partial charge in [-0.1, -0.05) is 32.0 Å². The van der Waals surface area contributed by atoms with Crippen LogP contribution < -0.4 is 21.7 Å². The highest BCUT2D eigenvalue weighted by Gasteiger charge is 2.32. The van der Waals surface area contributed by atoms with E-state index in [1.54, 1.807) is 26.1 Å². The molecule has 1 aromatic carbocycles. The third-order valence-electron chi connectivity index (χ3n) is 5.97. The van der Waals surface area contributed by atoms with E-state index in [1.165, 1.54) is 0 Å². The van der Waals surface area contributed by atoms with Crippen LogP contribution in [-0.4, -0.2) is 80.1 Å². The number of nitrogens with two attached hydrogens (primary N) is 1. The van der Waals surface area contributed by atoms with Gasteiger partial charge in [-0.25, -0.2) is 4.79 Å². The van der Waals surface area contributed by atoms with Crippen molar-refractivity contribution >= 4 is 46.5 Å². The van der Waals surface area contributed by atoms with Gasteiger partial charge in [-0.2, -0.15) is 0 Å². The van der Waals surface area contributed by atoms with Crippen LogP contribution in [-0.2, 0) is 35.2 Å². The van der Waals surface area contributed by atoms with Crippen LogP contribution in [0.4, 0.5) is 0 Å². The summed E-state index contributed by atoms with van der Waals surface area (Å²) in [4.78, 5) is 75.3. The maximum absolute atomic E-state index is 13.4. The highest BCUT2D eigenvalue weighted by atomic mass is 16.4. The fourth-order valence-electron chi connectivity index (χ4n) is 3.86. The number of aromatic amines is 1. The van der Waals surface area contributed by atoms with Crippen molar-refractivity contribution in [3.63, 3.8) is 0 Å². The first-order chi connectivity index (χ1) is 18.3. The minimum Gasteiger partial charge on any atom is -0.481 e. The molecular formula is C25H33N5O9. The van der Waals surface area contributed by atoms with E-state index in [9.17, 15) is 33.9 Å². The van der Waals surface area contributed by atoms with E-state index in [0.29, 0.717) is 5.56 Å². The lowest BCUT2D eigenvalue weighted by molar-refractivity contribution is -0.143. The second-order valence-electron chi connectivity index (χ2n) is 9.39. The van der Waals surface area contributed by atoms with Crippen LogP contribution in [0.25, 0.3) is 10.9 Å². The summed E-state index contributed by atoms with van der Waals surface area (Å²) in [5, 5.41) is 35.2. The lowest BCUT2D eigenvalue weighted by atomic mass is 9.99. The average molecular weight is 548 g/mol. The number of amides is 3. The van der Waals surface area contributed by atoms with Gasteiger partial charge in [0, 0.05) is 29.9 Å². The van der Waals surface area contributed by atoms with Gasteiger partial charge >= 0.3 is 17.9 Å². The van der Waals surface area contributed by atoms with Crippen LogP contribution in [0.5, 0.6) is 0 Å². The summed E-state index contributed by atoms with van der Waals surface area (Å²) >= 11 is 0. The fraction of sp³-hybridized carbons (Fsp3) is 0.440. The van der Waals surface area contributed by atoms with Crippen LogP contribution in [0.2, 0.25) is 0 Å². The van der Waals surface area contributed by atoms with Crippen LogP contribution in [0.1, 0.15) is 38.7 Å². The van der Waals surface area contributed by atoms with Gasteiger partial charge in [-0.05, 0) is 24.0 Å². The third kappa shape index (κ3) is 9.10. The summed E-state index contributed by atoms with van der Waals surface area (Å²) in [5.74, 6) is -7.03. The molecule has 0 bridgehead atoms. The van der Waals surface area contributed by atoms with E-state index in [0.717, 1.165) is 10.9 Å². The molecule has 3 amide bonds. The van der Waals surface area contributed by atoms with Gasteiger partial charge in [0.25, 0.3) is 0 Å². The number of aliphatic carboxylic acids is 3. The van der Waals surface area contributed by atoms with E-state index in [1.807, 2.05) is 18.2 Å². The fourth-order valence-corrected chi connectivity index (χ4v) is 3.86. The average Bonchev–Trinajstić information content (AvgIpc) is 3.26. The van der Waals surface area contributed by atoms with Gasteiger partial charge in [0.15, 0.2) is 0 Å². The molecule has 4 atom stereocenters. The number of carbonyl (C=O) groups is 6. The molecule has 14 nitrogen and oxygen atoms in total. The standard InChI is InChI=1S/C25H33N5O9/c1-12(2)21(24(37)28-17(25(38)39)7-8-19(31)32)30-23(36)18(29-22(35)15(26)10-20(33)34)9-13-11-27-16-6-4-3-5-14(13)16/h3-6,11-12,15,17-18,21,27H,7-10,26H2,1-2H3,(H,28,37)(H,29,35)(H,30,36)(H,31,32)(H,33,34)(H,38,39). The molecule has 0 aliphatic heterocycles. The van der Waals surface area contributed by atoms with Gasteiger partial charge in [0.1, 0.15) is 18.1 Å². The van der Waals surface area contributed by atoms with Crippen molar-refractivity contribution < 1.29 is 44.1 Å². The lowest BCUT2D eigenvalue weighted by Crippen LogP contribution is -2.59. The minimum atomic E-state index is -1.50. The molecular weight excluding hydrogens is 514 g/mol. The van der Waals surface area contributed by atoms with Crippen molar-refractivity contribution in [2.24, 2.45) is 11.7 Å². The van der Waals surface area contributed by atoms with Gasteiger partial charge in [-0.3, -0.25) is 24.0 Å².